The largest absolute Gasteiger partial charge is 0.465 e. The molecule has 0 aliphatic carbocycles. The quantitative estimate of drug-likeness (QED) is 0.433. The van der Waals surface area contributed by atoms with Crippen LogP contribution in [0.5, 0.6) is 0 Å². The number of amides is 1. The fraction of sp³-hybridized carbons (Fsp3) is 0.625. The molecule has 72 valence electrons. The number of nitrogens with zero attached hydrogens (tertiary/aromatic N) is 1. The van der Waals surface area contributed by atoms with Gasteiger partial charge in [-0.15, -0.1) is 0 Å². The predicted molar refractivity (Wildman–Crippen MR) is 42.8 cm³/mol. The molecule has 1 aliphatic heterocycles. The van der Waals surface area contributed by atoms with Crippen molar-refractivity contribution in [1.82, 2.24) is 4.90 Å². The summed E-state index contributed by atoms with van der Waals surface area (Å²) < 4.78 is 4.64. The van der Waals surface area contributed by atoms with Gasteiger partial charge < -0.3 is 9.64 Å². The number of Topliss-reactive ketones (excluding diaryl/α,β-unsaturated/α-hetero) is 1. The maximum Gasteiger partial charge on any atom is 0.325 e. The van der Waals surface area contributed by atoms with E-state index in [1.165, 1.54) is 4.90 Å². The van der Waals surface area contributed by atoms with Crippen LogP contribution in [0.25, 0.3) is 0 Å². The van der Waals surface area contributed by atoms with Gasteiger partial charge in [-0.05, 0) is 6.92 Å². The zero-order valence-corrected chi connectivity index (χ0v) is 7.41. The molecule has 0 N–H and O–H groups in total. The van der Waals surface area contributed by atoms with E-state index in [1.807, 2.05) is 0 Å². The molecule has 0 spiro atoms. The summed E-state index contributed by atoms with van der Waals surface area (Å²) in [4.78, 5) is 33.9. The van der Waals surface area contributed by atoms with Gasteiger partial charge in [0.15, 0.2) is 5.78 Å². The Morgan fingerprint density at radius 1 is 1.54 bits per heavy atom. The summed E-state index contributed by atoms with van der Waals surface area (Å²) in [6.07, 6.45) is -0.0839. The van der Waals surface area contributed by atoms with E-state index in [0.717, 1.165) is 0 Å². The number of hydrogen-bond acceptors (Lipinski definition) is 4. The molecule has 1 fully saturated rings. The molecular weight excluding hydrogens is 174 g/mol. The highest BCUT2D eigenvalue weighted by Crippen LogP contribution is 2.05. The molecule has 0 aromatic rings. The minimum absolute atomic E-state index is 0.0393. The van der Waals surface area contributed by atoms with Crippen LogP contribution < -0.4 is 0 Å². The molecule has 5 nitrogen and oxygen atoms in total. The van der Waals surface area contributed by atoms with Gasteiger partial charge >= 0.3 is 5.97 Å². The number of hydrogen-bond donors (Lipinski definition) is 0. The molecule has 1 amide bonds. The molecule has 0 unspecified atom stereocenters. The van der Waals surface area contributed by atoms with Gasteiger partial charge in [0.25, 0.3) is 0 Å². The molecule has 1 rings (SSSR count). The number of carbonyl (C=O) groups is 3. The summed E-state index contributed by atoms with van der Waals surface area (Å²) >= 11 is 0. The Hall–Kier alpha value is -1.39. The Labute approximate surface area is 75.6 Å². The first-order chi connectivity index (χ1) is 6.13. The lowest BCUT2D eigenvalue weighted by atomic mass is 10.3. The van der Waals surface area contributed by atoms with Crippen molar-refractivity contribution in [3.05, 3.63) is 0 Å². The van der Waals surface area contributed by atoms with Crippen LogP contribution in [0.3, 0.4) is 0 Å². The highest BCUT2D eigenvalue weighted by atomic mass is 16.5. The molecule has 0 bridgehead atoms. The summed E-state index contributed by atoms with van der Waals surface area (Å²) in [5.74, 6) is -0.905. The van der Waals surface area contributed by atoms with Crippen LogP contribution in [-0.2, 0) is 19.1 Å². The number of carbonyl (C=O) groups excluding carboxylic acids is 3. The monoisotopic (exact) mass is 185 g/mol. The Bertz CT molecular complexity index is 249. The van der Waals surface area contributed by atoms with Crippen molar-refractivity contribution in [2.75, 3.05) is 19.7 Å². The van der Waals surface area contributed by atoms with Crippen molar-refractivity contribution in [3.63, 3.8) is 0 Å². The number of esters is 1. The lowest BCUT2D eigenvalue weighted by Gasteiger charge is -2.12. The van der Waals surface area contributed by atoms with E-state index in [-0.39, 0.29) is 37.8 Å². The molecule has 0 atom stereocenters. The third-order valence-corrected chi connectivity index (χ3v) is 1.69. The van der Waals surface area contributed by atoms with Crippen molar-refractivity contribution in [2.24, 2.45) is 0 Å². The van der Waals surface area contributed by atoms with E-state index in [4.69, 9.17) is 0 Å². The van der Waals surface area contributed by atoms with Crippen molar-refractivity contribution >= 4 is 17.7 Å². The predicted octanol–water partition coefficient (Wildman–Crippen LogP) is -0.649. The number of likely N-dealkylation sites (tertiary alicyclic amines) is 1. The number of rotatable bonds is 3. The highest BCUT2D eigenvalue weighted by molar-refractivity contribution is 6.06. The lowest BCUT2D eigenvalue weighted by Crippen LogP contribution is -2.32. The first-order valence-corrected chi connectivity index (χ1v) is 4.08. The van der Waals surface area contributed by atoms with E-state index in [1.54, 1.807) is 6.92 Å². The van der Waals surface area contributed by atoms with Crippen molar-refractivity contribution in [1.29, 1.82) is 0 Å². The molecule has 1 saturated heterocycles. The van der Waals surface area contributed by atoms with Crippen molar-refractivity contribution in [2.45, 2.75) is 13.3 Å². The van der Waals surface area contributed by atoms with Crippen LogP contribution in [0.2, 0.25) is 0 Å². The van der Waals surface area contributed by atoms with E-state index in [9.17, 15) is 14.4 Å². The second-order valence-electron chi connectivity index (χ2n) is 2.77. The molecule has 0 aromatic carbocycles. The van der Waals surface area contributed by atoms with Crippen molar-refractivity contribution < 1.29 is 19.1 Å². The summed E-state index contributed by atoms with van der Waals surface area (Å²) in [6, 6.07) is 0. The molecular formula is C8H11NO4. The van der Waals surface area contributed by atoms with Crippen LogP contribution in [-0.4, -0.2) is 42.3 Å². The van der Waals surface area contributed by atoms with Gasteiger partial charge in [0, 0.05) is 0 Å². The fourth-order valence-corrected chi connectivity index (χ4v) is 1.14. The van der Waals surface area contributed by atoms with Gasteiger partial charge in [0.2, 0.25) is 5.91 Å². The van der Waals surface area contributed by atoms with Gasteiger partial charge in [-0.2, -0.15) is 0 Å². The minimum atomic E-state index is -0.467. The second-order valence-corrected chi connectivity index (χ2v) is 2.77. The van der Waals surface area contributed by atoms with Gasteiger partial charge in [-0.1, -0.05) is 0 Å². The molecule has 5 heteroatoms. The smallest absolute Gasteiger partial charge is 0.325 e. The van der Waals surface area contributed by atoms with Crippen LogP contribution in [0.15, 0.2) is 0 Å². The molecule has 0 aromatic heterocycles. The average Bonchev–Trinajstić information content (AvgIpc) is 2.30. The normalized spacial score (nSPS) is 16.5. The Morgan fingerprint density at radius 3 is 2.69 bits per heavy atom. The molecule has 0 radical (unpaired) electrons. The van der Waals surface area contributed by atoms with Crippen LogP contribution in [0.1, 0.15) is 13.3 Å². The summed E-state index contributed by atoms with van der Waals surface area (Å²) in [5.41, 5.74) is 0. The molecule has 1 aliphatic rings. The second kappa shape index (κ2) is 4.02. The topological polar surface area (TPSA) is 63.7 Å². The first kappa shape index (κ1) is 9.70. The van der Waals surface area contributed by atoms with Gasteiger partial charge in [0.05, 0.1) is 19.6 Å². The standard InChI is InChI=1S/C8H11NO4/c1-2-13-8(12)5-9-4-6(10)3-7(9)11/h2-5H2,1H3. The SMILES string of the molecule is CCOC(=O)CN1CC(=O)CC1=O. The summed E-state index contributed by atoms with van der Waals surface area (Å²) in [5, 5.41) is 0. The first-order valence-electron chi connectivity index (χ1n) is 4.08. The van der Waals surface area contributed by atoms with Gasteiger partial charge in [-0.3, -0.25) is 14.4 Å². The molecule has 13 heavy (non-hydrogen) atoms. The lowest BCUT2D eigenvalue weighted by molar-refractivity contribution is -0.147. The Morgan fingerprint density at radius 2 is 2.23 bits per heavy atom. The van der Waals surface area contributed by atoms with Crippen LogP contribution in [0.4, 0.5) is 0 Å². The molecule has 0 saturated carbocycles. The zero-order valence-electron chi connectivity index (χ0n) is 7.41. The van der Waals surface area contributed by atoms with Gasteiger partial charge in [-0.25, -0.2) is 0 Å². The van der Waals surface area contributed by atoms with Crippen LogP contribution in [0, 0.1) is 0 Å². The average molecular weight is 185 g/mol. The Kier molecular flexibility index (Phi) is 3.00. The zero-order chi connectivity index (χ0) is 9.84. The number of ketones is 1. The maximum atomic E-state index is 11.0. The minimum Gasteiger partial charge on any atom is -0.465 e. The molecule has 1 heterocycles. The van der Waals surface area contributed by atoms with E-state index >= 15 is 0 Å². The summed E-state index contributed by atoms with van der Waals surface area (Å²) in [7, 11) is 0. The summed E-state index contributed by atoms with van der Waals surface area (Å²) in [6.45, 7) is 1.90. The van der Waals surface area contributed by atoms with Crippen molar-refractivity contribution in [3.8, 4) is 0 Å². The van der Waals surface area contributed by atoms with Gasteiger partial charge in [0.1, 0.15) is 6.54 Å². The Balaban J connectivity index is 2.41. The number of ether oxygens (including phenoxy) is 1. The van der Waals surface area contributed by atoms with Crippen LogP contribution >= 0.6 is 0 Å². The highest BCUT2D eigenvalue weighted by Gasteiger charge is 2.28. The fourth-order valence-electron chi connectivity index (χ4n) is 1.14. The third-order valence-electron chi connectivity index (χ3n) is 1.69. The third kappa shape index (κ3) is 2.54. The van der Waals surface area contributed by atoms with E-state index in [0.29, 0.717) is 0 Å². The van der Waals surface area contributed by atoms with E-state index < -0.39 is 5.97 Å². The van der Waals surface area contributed by atoms with E-state index in [2.05, 4.69) is 4.74 Å². The maximum absolute atomic E-state index is 11.0.